The summed E-state index contributed by atoms with van der Waals surface area (Å²) < 4.78 is 18.4. The zero-order chi connectivity index (χ0) is 18.5. The van der Waals surface area contributed by atoms with E-state index in [1.807, 2.05) is 0 Å². The lowest BCUT2D eigenvalue weighted by Crippen LogP contribution is -2.15. The van der Waals surface area contributed by atoms with Crippen molar-refractivity contribution in [2.45, 2.75) is 0 Å². The molecule has 0 unspecified atom stereocenters. The third kappa shape index (κ3) is 4.25. The van der Waals surface area contributed by atoms with Crippen LogP contribution >= 0.6 is 11.6 Å². The number of halogens is 2. The van der Waals surface area contributed by atoms with Crippen LogP contribution in [0.1, 0.15) is 10.5 Å². The number of methoxy groups -OCH3 is 1. The van der Waals surface area contributed by atoms with E-state index < -0.39 is 5.91 Å². The first-order valence-corrected chi connectivity index (χ1v) is 7.92. The van der Waals surface area contributed by atoms with Crippen LogP contribution < -0.4 is 15.4 Å². The first-order chi connectivity index (χ1) is 12.5. The minimum atomic E-state index is -0.463. The first-order valence-electron chi connectivity index (χ1n) is 7.54. The molecular formula is C18H14ClFN4O2. The Bertz CT molecular complexity index is 935. The Hall–Kier alpha value is -3.19. The molecule has 1 aromatic heterocycles. The van der Waals surface area contributed by atoms with Gasteiger partial charge in [0.15, 0.2) is 0 Å². The number of aromatic nitrogens is 2. The number of hydrogen-bond acceptors (Lipinski definition) is 5. The van der Waals surface area contributed by atoms with Gasteiger partial charge in [0.05, 0.1) is 25.2 Å². The van der Waals surface area contributed by atoms with Crippen LogP contribution in [0.25, 0.3) is 0 Å². The van der Waals surface area contributed by atoms with Gasteiger partial charge in [-0.1, -0.05) is 17.7 Å². The lowest BCUT2D eigenvalue weighted by molar-refractivity contribution is 0.102. The highest BCUT2D eigenvalue weighted by molar-refractivity contribution is 6.31. The Morgan fingerprint density at radius 2 is 2.00 bits per heavy atom. The zero-order valence-electron chi connectivity index (χ0n) is 13.7. The molecule has 2 N–H and O–H groups in total. The van der Waals surface area contributed by atoms with Gasteiger partial charge >= 0.3 is 0 Å². The summed E-state index contributed by atoms with van der Waals surface area (Å²) in [4.78, 5) is 20.5. The van der Waals surface area contributed by atoms with Crippen LogP contribution in [0.15, 0.2) is 54.9 Å². The number of carbonyl (C=O) groups is 1. The van der Waals surface area contributed by atoms with Gasteiger partial charge in [-0.3, -0.25) is 4.79 Å². The van der Waals surface area contributed by atoms with Crippen LogP contribution in [0.2, 0.25) is 5.02 Å². The second-order valence-corrected chi connectivity index (χ2v) is 5.66. The summed E-state index contributed by atoms with van der Waals surface area (Å²) in [5.41, 5.74) is 1.06. The van der Waals surface area contributed by atoms with Gasteiger partial charge < -0.3 is 15.4 Å². The minimum absolute atomic E-state index is 0.108. The first kappa shape index (κ1) is 17.6. The predicted octanol–water partition coefficient (Wildman–Crippen LogP) is 4.27. The maximum Gasteiger partial charge on any atom is 0.275 e. The van der Waals surface area contributed by atoms with E-state index in [9.17, 15) is 9.18 Å². The van der Waals surface area contributed by atoms with Gasteiger partial charge in [0.2, 0.25) is 0 Å². The molecule has 0 aliphatic heterocycles. The van der Waals surface area contributed by atoms with Gasteiger partial charge in [0, 0.05) is 10.7 Å². The molecule has 0 atom stereocenters. The molecule has 1 heterocycles. The Morgan fingerprint density at radius 1 is 1.15 bits per heavy atom. The van der Waals surface area contributed by atoms with Crippen LogP contribution in [-0.4, -0.2) is 23.0 Å². The molecule has 3 rings (SSSR count). The summed E-state index contributed by atoms with van der Waals surface area (Å²) in [5.74, 6) is 0.0254. The van der Waals surface area contributed by atoms with Crippen LogP contribution in [0.3, 0.4) is 0 Å². The predicted molar refractivity (Wildman–Crippen MR) is 97.7 cm³/mol. The van der Waals surface area contributed by atoms with E-state index in [1.165, 1.54) is 31.6 Å². The summed E-state index contributed by atoms with van der Waals surface area (Å²) in [6.45, 7) is 0. The molecule has 26 heavy (non-hydrogen) atoms. The van der Waals surface area contributed by atoms with Crippen molar-refractivity contribution in [2.24, 2.45) is 0 Å². The summed E-state index contributed by atoms with van der Waals surface area (Å²) in [7, 11) is 1.49. The maximum absolute atomic E-state index is 13.2. The van der Waals surface area contributed by atoms with Gasteiger partial charge in [0.25, 0.3) is 5.91 Å². The number of benzene rings is 2. The number of carbonyl (C=O) groups excluding carboxylic acids is 1. The third-order valence-electron chi connectivity index (χ3n) is 3.39. The van der Waals surface area contributed by atoms with Gasteiger partial charge in [-0.25, -0.2) is 14.4 Å². The number of nitrogens with zero attached hydrogens (tertiary/aromatic N) is 2. The number of anilines is 3. The van der Waals surface area contributed by atoms with Gasteiger partial charge in [-0.15, -0.1) is 0 Å². The van der Waals surface area contributed by atoms with E-state index in [2.05, 4.69) is 20.6 Å². The summed E-state index contributed by atoms with van der Waals surface area (Å²) in [6, 6.07) is 10.8. The Morgan fingerprint density at radius 3 is 2.69 bits per heavy atom. The standard InChI is InChI=1S/C18H14ClFN4O2/c1-26-16-6-5-11(19)7-14(16)24-18(25)15-9-22-17(10-21-15)23-13-4-2-3-12(20)8-13/h2-10H,1H3,(H,22,23)(H,24,25). The number of rotatable bonds is 5. The quantitative estimate of drug-likeness (QED) is 0.699. The van der Waals surface area contributed by atoms with Crippen molar-refractivity contribution in [3.05, 3.63) is 71.4 Å². The second-order valence-electron chi connectivity index (χ2n) is 5.22. The zero-order valence-corrected chi connectivity index (χ0v) is 14.4. The smallest absolute Gasteiger partial charge is 0.275 e. The molecule has 6 nitrogen and oxygen atoms in total. The van der Waals surface area contributed by atoms with Gasteiger partial charge in [-0.2, -0.15) is 0 Å². The molecule has 0 spiro atoms. The molecule has 0 saturated heterocycles. The molecule has 2 aromatic carbocycles. The average Bonchev–Trinajstić information content (AvgIpc) is 2.62. The number of hydrogen-bond donors (Lipinski definition) is 2. The van der Waals surface area contributed by atoms with Crippen molar-refractivity contribution in [1.82, 2.24) is 9.97 Å². The molecule has 0 fully saturated rings. The molecule has 1 amide bonds. The highest BCUT2D eigenvalue weighted by atomic mass is 35.5. The summed E-state index contributed by atoms with van der Waals surface area (Å²) in [5, 5.41) is 6.04. The van der Waals surface area contributed by atoms with E-state index in [0.29, 0.717) is 28.0 Å². The largest absolute Gasteiger partial charge is 0.495 e. The topological polar surface area (TPSA) is 76.1 Å². The SMILES string of the molecule is COc1ccc(Cl)cc1NC(=O)c1cnc(Nc2cccc(F)c2)cn1. The number of ether oxygens (including phenoxy) is 1. The second kappa shape index (κ2) is 7.79. The molecular weight excluding hydrogens is 359 g/mol. The fraction of sp³-hybridized carbons (Fsp3) is 0.0556. The Balaban J connectivity index is 1.72. The normalized spacial score (nSPS) is 10.3. The number of nitrogens with one attached hydrogen (secondary N) is 2. The van der Waals surface area contributed by atoms with E-state index >= 15 is 0 Å². The summed E-state index contributed by atoms with van der Waals surface area (Å²) in [6.07, 6.45) is 2.70. The van der Waals surface area contributed by atoms with Gasteiger partial charge in [0.1, 0.15) is 23.1 Å². The van der Waals surface area contributed by atoms with Crippen molar-refractivity contribution >= 4 is 34.7 Å². The Kier molecular flexibility index (Phi) is 5.28. The lowest BCUT2D eigenvalue weighted by Gasteiger charge is -2.10. The molecule has 0 aliphatic carbocycles. The van der Waals surface area contributed by atoms with E-state index in [4.69, 9.17) is 16.3 Å². The van der Waals surface area contributed by atoms with Crippen molar-refractivity contribution < 1.29 is 13.9 Å². The molecule has 0 radical (unpaired) electrons. The fourth-order valence-electron chi connectivity index (χ4n) is 2.19. The highest BCUT2D eigenvalue weighted by Crippen LogP contribution is 2.28. The molecule has 0 aliphatic rings. The van der Waals surface area contributed by atoms with Crippen LogP contribution in [0.5, 0.6) is 5.75 Å². The molecule has 0 saturated carbocycles. The highest BCUT2D eigenvalue weighted by Gasteiger charge is 2.12. The van der Waals surface area contributed by atoms with E-state index in [-0.39, 0.29) is 11.5 Å². The van der Waals surface area contributed by atoms with Crippen LogP contribution in [0, 0.1) is 5.82 Å². The average molecular weight is 373 g/mol. The number of amides is 1. The molecule has 8 heteroatoms. The van der Waals surface area contributed by atoms with E-state index in [1.54, 1.807) is 30.3 Å². The maximum atomic E-state index is 13.2. The van der Waals surface area contributed by atoms with Crippen LogP contribution in [0.4, 0.5) is 21.6 Å². The summed E-state index contributed by atoms with van der Waals surface area (Å²) >= 11 is 5.94. The van der Waals surface area contributed by atoms with E-state index in [0.717, 1.165) is 0 Å². The van der Waals surface area contributed by atoms with Gasteiger partial charge in [-0.05, 0) is 36.4 Å². The van der Waals surface area contributed by atoms with Crippen molar-refractivity contribution in [3.63, 3.8) is 0 Å². The van der Waals surface area contributed by atoms with Crippen molar-refractivity contribution in [2.75, 3.05) is 17.7 Å². The molecule has 132 valence electrons. The Labute approximate surface area is 154 Å². The molecule has 3 aromatic rings. The monoisotopic (exact) mass is 372 g/mol. The van der Waals surface area contributed by atoms with Crippen LogP contribution in [-0.2, 0) is 0 Å². The fourth-order valence-corrected chi connectivity index (χ4v) is 2.36. The minimum Gasteiger partial charge on any atom is -0.495 e. The third-order valence-corrected chi connectivity index (χ3v) is 3.63. The van der Waals surface area contributed by atoms with Crippen molar-refractivity contribution in [3.8, 4) is 5.75 Å². The van der Waals surface area contributed by atoms with Crippen molar-refractivity contribution in [1.29, 1.82) is 0 Å². The molecule has 0 bridgehead atoms. The lowest BCUT2D eigenvalue weighted by atomic mass is 10.2.